The largest absolute Gasteiger partial charge is 0.472 e. The third kappa shape index (κ3) is 72.4. The quantitative estimate of drug-likeness (QED) is 0.0222. The van der Waals surface area contributed by atoms with Gasteiger partial charge < -0.3 is 33.8 Å². The molecule has 3 N–H and O–H groups in total. The molecule has 0 spiro atoms. The van der Waals surface area contributed by atoms with Crippen LogP contribution in [-0.4, -0.2) is 96.7 Å². The lowest BCUT2D eigenvalue weighted by Crippen LogP contribution is -2.30. The van der Waals surface area contributed by atoms with E-state index in [1.807, 2.05) is 0 Å². The van der Waals surface area contributed by atoms with Crippen LogP contribution in [-0.2, 0) is 65.4 Å². The predicted molar refractivity (Wildman–Crippen MR) is 400 cm³/mol. The Labute approximate surface area is 600 Å². The highest BCUT2D eigenvalue weighted by atomic mass is 31.2. The molecule has 0 aliphatic rings. The highest BCUT2D eigenvalue weighted by Gasteiger charge is 2.30. The molecule has 17 nitrogen and oxygen atoms in total. The van der Waals surface area contributed by atoms with Gasteiger partial charge in [0.1, 0.15) is 19.3 Å². The molecular formula is C79H154O17P2. The van der Waals surface area contributed by atoms with Gasteiger partial charge >= 0.3 is 39.5 Å². The molecule has 0 aromatic rings. The highest BCUT2D eigenvalue weighted by Crippen LogP contribution is 2.45. The molecule has 0 aromatic heterocycles. The van der Waals surface area contributed by atoms with E-state index in [0.717, 1.165) is 102 Å². The fourth-order valence-corrected chi connectivity index (χ4v) is 13.8. The summed E-state index contributed by atoms with van der Waals surface area (Å²) in [5, 5.41) is 10.6. The van der Waals surface area contributed by atoms with Crippen LogP contribution in [0.25, 0.3) is 0 Å². The van der Waals surface area contributed by atoms with Crippen molar-refractivity contribution in [1.29, 1.82) is 0 Å². The third-order valence-electron chi connectivity index (χ3n) is 18.5. The van der Waals surface area contributed by atoms with Crippen molar-refractivity contribution in [3.8, 4) is 0 Å². The molecule has 0 heterocycles. The van der Waals surface area contributed by atoms with Gasteiger partial charge in [0, 0.05) is 25.7 Å². The molecule has 19 heteroatoms. The molecule has 0 fully saturated rings. The molecule has 98 heavy (non-hydrogen) atoms. The maximum atomic E-state index is 13.1. The number of unbranched alkanes of at least 4 members (excludes halogenated alkanes) is 48. The van der Waals surface area contributed by atoms with Crippen LogP contribution >= 0.6 is 15.6 Å². The first-order valence-corrected chi connectivity index (χ1v) is 44.0. The average Bonchev–Trinajstić information content (AvgIpc) is 1.18. The van der Waals surface area contributed by atoms with Crippen molar-refractivity contribution in [1.82, 2.24) is 0 Å². The van der Waals surface area contributed by atoms with Crippen LogP contribution in [0.1, 0.15) is 414 Å². The SMILES string of the molecule is CCCCCCCCCCCCCCCC(=O)O[C@H](COC(=O)CCCCCCCCCCCC)COP(=O)(O)OC[C@H](O)COP(=O)(O)OC[C@@H](COC(=O)CCCCCCCCCCCCCCCCC(C)C)OC(=O)CCCCCCCCCCCCCCCCCC(C)C. The fraction of sp³-hybridized carbons (Fsp3) is 0.949. The van der Waals surface area contributed by atoms with Crippen molar-refractivity contribution in [2.75, 3.05) is 39.6 Å². The van der Waals surface area contributed by atoms with E-state index in [0.29, 0.717) is 25.7 Å². The second-order valence-electron chi connectivity index (χ2n) is 29.4. The van der Waals surface area contributed by atoms with Gasteiger partial charge in [-0.15, -0.1) is 0 Å². The summed E-state index contributed by atoms with van der Waals surface area (Å²) < 4.78 is 68.6. The number of aliphatic hydroxyl groups is 1. The number of ether oxygens (including phenoxy) is 4. The van der Waals surface area contributed by atoms with Crippen molar-refractivity contribution < 1.29 is 80.2 Å². The Kier molecular flexibility index (Phi) is 69.3. The van der Waals surface area contributed by atoms with E-state index < -0.39 is 97.5 Å². The minimum absolute atomic E-state index is 0.108. The molecule has 2 unspecified atom stereocenters. The second-order valence-corrected chi connectivity index (χ2v) is 32.3. The molecule has 0 aromatic carbocycles. The first-order valence-electron chi connectivity index (χ1n) is 41.0. The summed E-state index contributed by atoms with van der Waals surface area (Å²) in [6.07, 6.45) is 59.5. The van der Waals surface area contributed by atoms with Gasteiger partial charge in [0.2, 0.25) is 0 Å². The Hall–Kier alpha value is -1.94. The monoisotopic (exact) mass is 1440 g/mol. The molecular weight excluding hydrogens is 1280 g/mol. The molecule has 0 saturated heterocycles. The number of rotatable bonds is 78. The van der Waals surface area contributed by atoms with E-state index in [9.17, 15) is 43.2 Å². The van der Waals surface area contributed by atoms with Crippen molar-refractivity contribution in [3.63, 3.8) is 0 Å². The molecule has 5 atom stereocenters. The van der Waals surface area contributed by atoms with Crippen molar-refractivity contribution in [3.05, 3.63) is 0 Å². The van der Waals surface area contributed by atoms with E-state index >= 15 is 0 Å². The zero-order valence-electron chi connectivity index (χ0n) is 64.1. The van der Waals surface area contributed by atoms with Crippen LogP contribution in [0.2, 0.25) is 0 Å². The van der Waals surface area contributed by atoms with Crippen LogP contribution in [0.3, 0.4) is 0 Å². The Balaban J connectivity index is 5.24. The van der Waals surface area contributed by atoms with E-state index in [1.165, 1.54) is 231 Å². The lowest BCUT2D eigenvalue weighted by Gasteiger charge is -2.21. The Morgan fingerprint density at radius 3 is 0.694 bits per heavy atom. The predicted octanol–water partition coefficient (Wildman–Crippen LogP) is 23.5. The first kappa shape index (κ1) is 96.1. The maximum Gasteiger partial charge on any atom is 0.472 e. The number of hydrogen-bond donors (Lipinski definition) is 3. The lowest BCUT2D eigenvalue weighted by atomic mass is 10.0. The molecule has 0 aliphatic heterocycles. The Bertz CT molecular complexity index is 1890. The number of hydrogen-bond acceptors (Lipinski definition) is 15. The van der Waals surface area contributed by atoms with Gasteiger partial charge in [-0.2, -0.15) is 0 Å². The summed E-state index contributed by atoms with van der Waals surface area (Å²) >= 11 is 0. The van der Waals surface area contributed by atoms with Gasteiger partial charge in [0.05, 0.1) is 26.4 Å². The van der Waals surface area contributed by atoms with Crippen LogP contribution < -0.4 is 0 Å². The summed E-state index contributed by atoms with van der Waals surface area (Å²) in [6, 6.07) is 0. The van der Waals surface area contributed by atoms with Gasteiger partial charge in [-0.25, -0.2) is 9.13 Å². The Morgan fingerprint density at radius 2 is 0.469 bits per heavy atom. The first-order chi connectivity index (χ1) is 47.4. The molecule has 0 radical (unpaired) electrons. The Morgan fingerprint density at radius 1 is 0.276 bits per heavy atom. The molecule has 0 saturated carbocycles. The van der Waals surface area contributed by atoms with Crippen LogP contribution in [0.4, 0.5) is 0 Å². The lowest BCUT2D eigenvalue weighted by molar-refractivity contribution is -0.161. The topological polar surface area (TPSA) is 237 Å². The second kappa shape index (κ2) is 70.7. The average molecular weight is 1440 g/mol. The molecule has 0 amide bonds. The van der Waals surface area contributed by atoms with Crippen LogP contribution in [0.5, 0.6) is 0 Å². The fourth-order valence-electron chi connectivity index (χ4n) is 12.2. The summed E-state index contributed by atoms with van der Waals surface area (Å²) in [6.45, 7) is 9.67. The maximum absolute atomic E-state index is 13.1. The molecule has 582 valence electrons. The third-order valence-corrected chi connectivity index (χ3v) is 20.4. The number of phosphoric acid groups is 2. The smallest absolute Gasteiger partial charge is 0.462 e. The van der Waals surface area contributed by atoms with E-state index in [-0.39, 0.29) is 25.7 Å². The number of esters is 4. The standard InChI is InChI=1S/C79H154O17P2/c1-7-9-11-13-15-17-19-25-33-39-45-51-57-63-78(83)95-74(67-89-76(81)61-55-49-43-37-18-16-14-12-10-8-2)69-93-97(85,86)91-65-73(80)66-92-98(87,88)94-70-75(68-90-77(82)62-56-50-44-38-32-28-24-23-27-31-36-42-48-54-60-72(5)6)96-79(84)64-58-52-46-40-34-29-22-20-21-26-30-35-41-47-53-59-71(3)4/h71-75,80H,7-70H2,1-6H3,(H,85,86)(H,87,88)/t73-,74+,75+/m0/s1. The number of carbonyl (C=O) groups is 4. The molecule has 0 bridgehead atoms. The minimum atomic E-state index is -4.96. The van der Waals surface area contributed by atoms with Crippen molar-refractivity contribution in [2.24, 2.45) is 11.8 Å². The van der Waals surface area contributed by atoms with Crippen molar-refractivity contribution in [2.45, 2.75) is 432 Å². The van der Waals surface area contributed by atoms with Crippen LogP contribution in [0.15, 0.2) is 0 Å². The number of carbonyl (C=O) groups excluding carboxylic acids is 4. The van der Waals surface area contributed by atoms with Gasteiger partial charge in [-0.3, -0.25) is 37.3 Å². The van der Waals surface area contributed by atoms with Gasteiger partial charge in [-0.1, -0.05) is 363 Å². The zero-order chi connectivity index (χ0) is 72.1. The van der Waals surface area contributed by atoms with Gasteiger partial charge in [-0.05, 0) is 37.5 Å². The van der Waals surface area contributed by atoms with E-state index in [4.69, 9.17) is 37.0 Å². The number of aliphatic hydroxyl groups excluding tert-OH is 1. The van der Waals surface area contributed by atoms with Gasteiger partial charge in [0.15, 0.2) is 12.2 Å². The minimum Gasteiger partial charge on any atom is -0.462 e. The van der Waals surface area contributed by atoms with Crippen LogP contribution in [0, 0.1) is 11.8 Å². The molecule has 0 rings (SSSR count). The summed E-state index contributed by atoms with van der Waals surface area (Å²) in [5.74, 6) is -0.508. The highest BCUT2D eigenvalue weighted by molar-refractivity contribution is 7.47. The summed E-state index contributed by atoms with van der Waals surface area (Å²) in [4.78, 5) is 72.9. The normalized spacial score (nSPS) is 13.9. The van der Waals surface area contributed by atoms with Gasteiger partial charge in [0.25, 0.3) is 0 Å². The number of phosphoric ester groups is 2. The van der Waals surface area contributed by atoms with E-state index in [1.54, 1.807) is 0 Å². The zero-order valence-corrected chi connectivity index (χ0v) is 65.9. The van der Waals surface area contributed by atoms with Crippen molar-refractivity contribution >= 4 is 39.5 Å². The molecule has 0 aliphatic carbocycles. The summed E-state index contributed by atoms with van der Waals surface area (Å²) in [5.41, 5.74) is 0. The van der Waals surface area contributed by atoms with E-state index in [2.05, 4.69) is 41.5 Å². The summed E-state index contributed by atoms with van der Waals surface area (Å²) in [7, 11) is -9.91.